The Balaban J connectivity index is 2.96. The van der Waals surface area contributed by atoms with Crippen LogP contribution in [0, 0.1) is 0 Å². The van der Waals surface area contributed by atoms with E-state index in [-0.39, 0.29) is 11.5 Å². The van der Waals surface area contributed by atoms with Gasteiger partial charge in [0.1, 0.15) is 0 Å². The van der Waals surface area contributed by atoms with Gasteiger partial charge in [-0.25, -0.2) is 0 Å². The van der Waals surface area contributed by atoms with Gasteiger partial charge in [-0.1, -0.05) is 12.1 Å². The lowest BCUT2D eigenvalue weighted by molar-refractivity contribution is 0.397. The second kappa shape index (κ2) is 3.85. The largest absolute Gasteiger partial charge is 0.504 e. The second-order valence-electron chi connectivity index (χ2n) is 2.79. The Morgan fingerprint density at radius 3 is 2.36 bits per heavy atom. The van der Waals surface area contributed by atoms with Crippen LogP contribution in [0.4, 0.5) is 0 Å². The van der Waals surface area contributed by atoms with Crippen molar-refractivity contribution < 1.29 is 17.7 Å². The van der Waals surface area contributed by atoms with Crippen LogP contribution < -0.4 is 4.18 Å². The van der Waals surface area contributed by atoms with Crippen LogP contribution >= 0.6 is 0 Å². The Bertz CT molecular complexity index is 413. The van der Waals surface area contributed by atoms with Crippen LogP contribution in [-0.2, 0) is 10.3 Å². The molecule has 1 N–H and O–H groups in total. The highest BCUT2D eigenvalue weighted by Gasteiger charge is 2.17. The molecule has 0 saturated carbocycles. The molecule has 0 saturated heterocycles. The van der Waals surface area contributed by atoms with E-state index in [0.29, 0.717) is 0 Å². The Labute approximate surface area is 82.8 Å². The monoisotopic (exact) mass is 217 g/mol. The minimum Gasteiger partial charge on any atom is -0.504 e. The molecule has 0 aliphatic carbocycles. The van der Waals surface area contributed by atoms with Gasteiger partial charge in [0, 0.05) is 14.1 Å². The maximum Gasteiger partial charge on any atom is 0.384 e. The smallest absolute Gasteiger partial charge is 0.384 e. The quantitative estimate of drug-likeness (QED) is 0.804. The van der Waals surface area contributed by atoms with Gasteiger partial charge in [0.05, 0.1) is 0 Å². The number of aromatic hydroxyl groups is 1. The summed E-state index contributed by atoms with van der Waals surface area (Å²) in [6.45, 7) is 0. The zero-order chi connectivity index (χ0) is 10.8. The van der Waals surface area contributed by atoms with Gasteiger partial charge in [-0.15, -0.1) is 0 Å². The van der Waals surface area contributed by atoms with E-state index in [1.54, 1.807) is 12.1 Å². The molecule has 78 valence electrons. The molecule has 0 aliphatic heterocycles. The predicted molar refractivity (Wildman–Crippen MR) is 51.3 cm³/mol. The maximum absolute atomic E-state index is 11.2. The Kier molecular flexibility index (Phi) is 2.97. The number of hydrogen-bond acceptors (Lipinski definition) is 4. The third kappa shape index (κ3) is 2.36. The molecule has 0 atom stereocenters. The number of para-hydroxylation sites is 2. The first-order valence-electron chi connectivity index (χ1n) is 3.83. The molecular formula is C8H11NO4S. The van der Waals surface area contributed by atoms with Gasteiger partial charge in [0.2, 0.25) is 0 Å². The standard InChI is InChI=1S/C8H11NO4S/c1-9(2)14(11,12)13-8-6-4-3-5-7(8)10/h3-6,10H,1-2H3. The minimum absolute atomic E-state index is 0.0822. The average Bonchev–Trinajstić information content (AvgIpc) is 2.08. The van der Waals surface area contributed by atoms with Crippen molar-refractivity contribution in [2.45, 2.75) is 0 Å². The lowest BCUT2D eigenvalue weighted by Crippen LogP contribution is -2.27. The van der Waals surface area contributed by atoms with Crippen LogP contribution in [0.1, 0.15) is 0 Å². The summed E-state index contributed by atoms with van der Waals surface area (Å²) in [6, 6.07) is 5.86. The summed E-state index contributed by atoms with van der Waals surface area (Å²) in [7, 11) is -1.12. The molecule has 0 aromatic heterocycles. The first kappa shape index (κ1) is 10.8. The topological polar surface area (TPSA) is 66.8 Å². The molecule has 0 spiro atoms. The van der Waals surface area contributed by atoms with Crippen LogP contribution in [0.3, 0.4) is 0 Å². The Hall–Kier alpha value is -1.27. The van der Waals surface area contributed by atoms with Crippen LogP contribution in [0.2, 0.25) is 0 Å². The number of phenols is 1. The van der Waals surface area contributed by atoms with E-state index in [2.05, 4.69) is 4.18 Å². The summed E-state index contributed by atoms with van der Waals surface area (Å²) in [5, 5.41) is 9.25. The molecule has 0 radical (unpaired) electrons. The first-order valence-corrected chi connectivity index (χ1v) is 5.20. The lowest BCUT2D eigenvalue weighted by atomic mass is 10.3. The third-order valence-electron chi connectivity index (χ3n) is 1.51. The molecule has 0 unspecified atom stereocenters. The van der Waals surface area contributed by atoms with E-state index in [1.807, 2.05) is 0 Å². The zero-order valence-corrected chi connectivity index (χ0v) is 8.65. The number of benzene rings is 1. The second-order valence-corrected chi connectivity index (χ2v) is 4.54. The number of rotatable bonds is 3. The molecule has 1 aromatic rings. The van der Waals surface area contributed by atoms with Crippen LogP contribution in [0.5, 0.6) is 11.5 Å². The summed E-state index contributed by atoms with van der Waals surface area (Å²) in [4.78, 5) is 0. The van der Waals surface area contributed by atoms with Crippen molar-refractivity contribution >= 4 is 10.3 Å². The summed E-state index contributed by atoms with van der Waals surface area (Å²) in [5.74, 6) is -0.292. The van der Waals surface area contributed by atoms with E-state index in [0.717, 1.165) is 4.31 Å². The molecule has 14 heavy (non-hydrogen) atoms. The number of nitrogens with zero attached hydrogens (tertiary/aromatic N) is 1. The van der Waals surface area contributed by atoms with Gasteiger partial charge in [0.15, 0.2) is 11.5 Å². The van der Waals surface area contributed by atoms with Crippen LogP contribution in [0.25, 0.3) is 0 Å². The van der Waals surface area contributed by atoms with Crippen molar-refractivity contribution in [3.63, 3.8) is 0 Å². The lowest BCUT2D eigenvalue weighted by Gasteiger charge is -2.12. The summed E-state index contributed by atoms with van der Waals surface area (Å²) in [5.41, 5.74) is 0. The molecule has 0 bridgehead atoms. The SMILES string of the molecule is CN(C)S(=O)(=O)Oc1ccccc1O. The normalized spacial score (nSPS) is 11.6. The number of phenolic OH excluding ortho intramolecular Hbond substituents is 1. The van der Waals surface area contributed by atoms with Crippen LogP contribution in [0.15, 0.2) is 24.3 Å². The molecule has 1 rings (SSSR count). The zero-order valence-electron chi connectivity index (χ0n) is 7.84. The average molecular weight is 217 g/mol. The molecule has 0 aliphatic rings. The van der Waals surface area contributed by atoms with Gasteiger partial charge in [-0.3, -0.25) is 0 Å². The maximum atomic E-state index is 11.2. The Morgan fingerprint density at radius 2 is 1.86 bits per heavy atom. The van der Waals surface area contributed by atoms with E-state index in [9.17, 15) is 13.5 Å². The van der Waals surface area contributed by atoms with Crippen molar-refractivity contribution in [3.05, 3.63) is 24.3 Å². The summed E-state index contributed by atoms with van der Waals surface area (Å²) < 4.78 is 28.0. The van der Waals surface area contributed by atoms with E-state index in [1.165, 1.54) is 26.2 Å². The fourth-order valence-electron chi connectivity index (χ4n) is 0.716. The van der Waals surface area contributed by atoms with Gasteiger partial charge in [-0.05, 0) is 12.1 Å². The van der Waals surface area contributed by atoms with Gasteiger partial charge in [0.25, 0.3) is 0 Å². The molecule has 0 amide bonds. The van der Waals surface area contributed by atoms with E-state index >= 15 is 0 Å². The highest BCUT2D eigenvalue weighted by molar-refractivity contribution is 7.84. The van der Waals surface area contributed by atoms with E-state index in [4.69, 9.17) is 0 Å². The van der Waals surface area contributed by atoms with Crippen molar-refractivity contribution in [2.24, 2.45) is 0 Å². The molecule has 1 aromatic carbocycles. The van der Waals surface area contributed by atoms with E-state index < -0.39 is 10.3 Å². The third-order valence-corrected chi connectivity index (χ3v) is 2.79. The fourth-order valence-corrected chi connectivity index (χ4v) is 1.23. The summed E-state index contributed by atoms with van der Waals surface area (Å²) >= 11 is 0. The van der Waals surface area contributed by atoms with Gasteiger partial charge >= 0.3 is 10.3 Å². The van der Waals surface area contributed by atoms with Crippen LogP contribution in [-0.4, -0.2) is 31.9 Å². The van der Waals surface area contributed by atoms with Gasteiger partial charge in [-0.2, -0.15) is 12.7 Å². The highest BCUT2D eigenvalue weighted by Crippen LogP contribution is 2.26. The molecule has 0 fully saturated rings. The van der Waals surface area contributed by atoms with Crippen molar-refractivity contribution in [2.75, 3.05) is 14.1 Å². The number of hydrogen-bond donors (Lipinski definition) is 1. The predicted octanol–water partition coefficient (Wildman–Crippen LogP) is 0.577. The highest BCUT2D eigenvalue weighted by atomic mass is 32.2. The molecule has 0 heterocycles. The molecule has 6 heteroatoms. The minimum atomic E-state index is -3.80. The van der Waals surface area contributed by atoms with Gasteiger partial charge < -0.3 is 9.29 Å². The van der Waals surface area contributed by atoms with Crippen molar-refractivity contribution in [3.8, 4) is 11.5 Å². The molecular weight excluding hydrogens is 206 g/mol. The van der Waals surface area contributed by atoms with Crippen molar-refractivity contribution in [1.29, 1.82) is 0 Å². The fraction of sp³-hybridized carbons (Fsp3) is 0.250. The first-order chi connectivity index (χ1) is 6.43. The molecule has 5 nitrogen and oxygen atoms in total. The summed E-state index contributed by atoms with van der Waals surface area (Å²) in [6.07, 6.45) is 0. The van der Waals surface area contributed by atoms with Crippen molar-refractivity contribution in [1.82, 2.24) is 4.31 Å². The Morgan fingerprint density at radius 1 is 1.29 bits per heavy atom.